The Morgan fingerprint density at radius 1 is 1.13 bits per heavy atom. The van der Waals surface area contributed by atoms with Gasteiger partial charge in [0.15, 0.2) is 6.61 Å². The number of likely N-dealkylation sites (tertiary alicyclic amines) is 1. The van der Waals surface area contributed by atoms with Crippen LogP contribution in [0.25, 0.3) is 0 Å². The number of hydrogen-bond donors (Lipinski definition) is 0. The summed E-state index contributed by atoms with van der Waals surface area (Å²) in [6, 6.07) is 14.5. The summed E-state index contributed by atoms with van der Waals surface area (Å²) >= 11 is 0. The second-order valence-electron chi connectivity index (χ2n) is 7.70. The van der Waals surface area contributed by atoms with Crippen molar-refractivity contribution in [3.8, 4) is 0 Å². The molecular weight excluding hydrogens is 416 g/mol. The van der Waals surface area contributed by atoms with Gasteiger partial charge in [0.25, 0.3) is 15.9 Å². The SMILES string of the molecule is CCN(c1ccccc1)S(=O)(=O)c1cccc(C(=O)OCC(=O)N2CCCC(C)C2)c1. The standard InChI is InChI=1S/C23H28N2O5S/c1-3-25(20-11-5-4-6-12-20)31(28,29)21-13-7-10-19(15-21)23(27)30-17-22(26)24-14-8-9-18(2)16-24/h4-7,10-13,15,18H,3,8-9,14,16-17H2,1-2H3. The fourth-order valence-corrected chi connectivity index (χ4v) is 5.23. The topological polar surface area (TPSA) is 84.0 Å². The molecule has 166 valence electrons. The normalized spacial score (nSPS) is 16.6. The lowest BCUT2D eigenvalue weighted by Gasteiger charge is -2.30. The summed E-state index contributed by atoms with van der Waals surface area (Å²) in [5.41, 5.74) is 0.629. The lowest BCUT2D eigenvalue weighted by Crippen LogP contribution is -2.41. The van der Waals surface area contributed by atoms with Crippen LogP contribution in [0.15, 0.2) is 59.5 Å². The van der Waals surface area contributed by atoms with Crippen molar-refractivity contribution in [3.63, 3.8) is 0 Å². The Morgan fingerprint density at radius 2 is 1.87 bits per heavy atom. The maximum Gasteiger partial charge on any atom is 0.338 e. The molecule has 0 aromatic heterocycles. The molecule has 0 bridgehead atoms. The molecule has 1 atom stereocenters. The minimum atomic E-state index is -3.86. The maximum absolute atomic E-state index is 13.2. The summed E-state index contributed by atoms with van der Waals surface area (Å²) in [6.07, 6.45) is 2.03. The second kappa shape index (κ2) is 9.96. The molecule has 0 saturated carbocycles. The number of para-hydroxylation sites is 1. The number of amides is 1. The van der Waals surface area contributed by atoms with Gasteiger partial charge in [0.1, 0.15) is 0 Å². The molecule has 0 N–H and O–H groups in total. The van der Waals surface area contributed by atoms with E-state index in [0.717, 1.165) is 12.8 Å². The largest absolute Gasteiger partial charge is 0.452 e. The minimum Gasteiger partial charge on any atom is -0.452 e. The van der Waals surface area contributed by atoms with Crippen LogP contribution in [0, 0.1) is 5.92 Å². The fourth-order valence-electron chi connectivity index (χ4n) is 3.71. The Hall–Kier alpha value is -2.87. The van der Waals surface area contributed by atoms with E-state index >= 15 is 0 Å². The monoisotopic (exact) mass is 444 g/mol. The van der Waals surface area contributed by atoms with Gasteiger partial charge in [-0.1, -0.05) is 31.2 Å². The first-order valence-corrected chi connectivity index (χ1v) is 11.9. The van der Waals surface area contributed by atoms with Crippen LogP contribution in [0.2, 0.25) is 0 Å². The van der Waals surface area contributed by atoms with Crippen molar-refractivity contribution in [2.45, 2.75) is 31.6 Å². The maximum atomic E-state index is 13.2. The molecule has 1 fully saturated rings. The van der Waals surface area contributed by atoms with Crippen LogP contribution in [0.3, 0.4) is 0 Å². The van der Waals surface area contributed by atoms with Gasteiger partial charge in [-0.2, -0.15) is 0 Å². The van der Waals surface area contributed by atoms with E-state index < -0.39 is 16.0 Å². The van der Waals surface area contributed by atoms with E-state index in [1.807, 2.05) is 6.07 Å². The molecular formula is C23H28N2O5S. The first-order valence-electron chi connectivity index (χ1n) is 10.5. The van der Waals surface area contributed by atoms with Crippen LogP contribution in [-0.4, -0.2) is 51.4 Å². The first-order chi connectivity index (χ1) is 14.8. The Morgan fingerprint density at radius 3 is 2.55 bits per heavy atom. The van der Waals surface area contributed by atoms with E-state index in [-0.39, 0.29) is 29.5 Å². The summed E-state index contributed by atoms with van der Waals surface area (Å²) in [5, 5.41) is 0. The van der Waals surface area contributed by atoms with Crippen LogP contribution >= 0.6 is 0 Å². The zero-order chi connectivity index (χ0) is 22.4. The molecule has 1 unspecified atom stereocenters. The summed E-state index contributed by atoms with van der Waals surface area (Å²) in [6.45, 7) is 5.05. The Kier molecular flexibility index (Phi) is 7.33. The van der Waals surface area contributed by atoms with E-state index in [0.29, 0.717) is 24.7 Å². The van der Waals surface area contributed by atoms with Gasteiger partial charge in [-0.05, 0) is 56.0 Å². The highest BCUT2D eigenvalue weighted by Gasteiger charge is 2.25. The molecule has 1 aliphatic heterocycles. The number of nitrogens with zero attached hydrogens (tertiary/aromatic N) is 2. The molecule has 1 amide bonds. The number of piperidine rings is 1. The van der Waals surface area contributed by atoms with Crippen molar-refractivity contribution in [3.05, 3.63) is 60.2 Å². The molecule has 31 heavy (non-hydrogen) atoms. The summed E-state index contributed by atoms with van der Waals surface area (Å²) in [7, 11) is -3.86. The van der Waals surface area contributed by atoms with Crippen LogP contribution in [0.1, 0.15) is 37.0 Å². The van der Waals surface area contributed by atoms with Gasteiger partial charge < -0.3 is 9.64 Å². The van der Waals surface area contributed by atoms with Gasteiger partial charge >= 0.3 is 5.97 Å². The highest BCUT2D eigenvalue weighted by atomic mass is 32.2. The first kappa shape index (κ1) is 22.8. The fraction of sp³-hybridized carbons (Fsp3) is 0.391. The quantitative estimate of drug-likeness (QED) is 0.612. The molecule has 7 nitrogen and oxygen atoms in total. The summed E-state index contributed by atoms with van der Waals surface area (Å²) < 4.78 is 32.8. The molecule has 0 aliphatic carbocycles. The highest BCUT2D eigenvalue weighted by molar-refractivity contribution is 7.92. The van der Waals surface area contributed by atoms with E-state index in [9.17, 15) is 18.0 Å². The van der Waals surface area contributed by atoms with E-state index in [2.05, 4.69) is 6.92 Å². The van der Waals surface area contributed by atoms with Crippen molar-refractivity contribution in [2.24, 2.45) is 5.92 Å². The van der Waals surface area contributed by atoms with Gasteiger partial charge in [0.05, 0.1) is 16.1 Å². The van der Waals surface area contributed by atoms with Gasteiger partial charge in [0, 0.05) is 19.6 Å². The lowest BCUT2D eigenvalue weighted by molar-refractivity contribution is -0.136. The number of carbonyl (C=O) groups excluding carboxylic acids is 2. The summed E-state index contributed by atoms with van der Waals surface area (Å²) in [4.78, 5) is 26.5. The molecule has 1 aliphatic rings. The number of esters is 1. The molecule has 8 heteroatoms. The number of anilines is 1. The van der Waals surface area contributed by atoms with Gasteiger partial charge in [0.2, 0.25) is 0 Å². The van der Waals surface area contributed by atoms with E-state index in [4.69, 9.17) is 4.74 Å². The van der Waals surface area contributed by atoms with Crippen LogP contribution in [0.5, 0.6) is 0 Å². The van der Waals surface area contributed by atoms with Crippen LogP contribution < -0.4 is 4.31 Å². The molecule has 1 heterocycles. The van der Waals surface area contributed by atoms with Crippen molar-refractivity contribution < 1.29 is 22.7 Å². The van der Waals surface area contributed by atoms with Gasteiger partial charge in [-0.3, -0.25) is 9.10 Å². The second-order valence-corrected chi connectivity index (χ2v) is 9.56. The van der Waals surface area contributed by atoms with Crippen molar-refractivity contribution in [2.75, 3.05) is 30.5 Å². The zero-order valence-corrected chi connectivity index (χ0v) is 18.7. The number of ether oxygens (including phenoxy) is 1. The Bertz CT molecular complexity index is 1020. The average Bonchev–Trinajstić information content (AvgIpc) is 2.78. The Balaban J connectivity index is 1.71. The third-order valence-corrected chi connectivity index (χ3v) is 7.22. The highest BCUT2D eigenvalue weighted by Crippen LogP contribution is 2.24. The van der Waals surface area contributed by atoms with Crippen LogP contribution in [-0.2, 0) is 19.6 Å². The average molecular weight is 445 g/mol. The Labute approximate surface area is 183 Å². The minimum absolute atomic E-state index is 0.0103. The number of sulfonamides is 1. The van der Waals surface area contributed by atoms with Gasteiger partial charge in [-0.15, -0.1) is 0 Å². The van der Waals surface area contributed by atoms with Crippen molar-refractivity contribution in [1.29, 1.82) is 0 Å². The van der Waals surface area contributed by atoms with Crippen molar-refractivity contribution >= 4 is 27.6 Å². The number of rotatable bonds is 7. The number of hydrogen-bond acceptors (Lipinski definition) is 5. The van der Waals surface area contributed by atoms with Crippen molar-refractivity contribution in [1.82, 2.24) is 4.90 Å². The molecule has 2 aromatic carbocycles. The summed E-state index contributed by atoms with van der Waals surface area (Å²) in [5.74, 6) is -0.524. The molecule has 0 radical (unpaired) electrons. The predicted octanol–water partition coefficient (Wildman–Crippen LogP) is 3.32. The smallest absolute Gasteiger partial charge is 0.338 e. The zero-order valence-electron chi connectivity index (χ0n) is 17.9. The number of benzene rings is 2. The predicted molar refractivity (Wildman–Crippen MR) is 118 cm³/mol. The third kappa shape index (κ3) is 5.44. The van der Waals surface area contributed by atoms with Crippen LogP contribution in [0.4, 0.5) is 5.69 Å². The van der Waals surface area contributed by atoms with Gasteiger partial charge in [-0.25, -0.2) is 13.2 Å². The van der Waals surface area contributed by atoms with E-state index in [1.165, 1.54) is 28.6 Å². The lowest BCUT2D eigenvalue weighted by atomic mass is 10.0. The van der Waals surface area contributed by atoms with E-state index in [1.54, 1.807) is 36.1 Å². The third-order valence-electron chi connectivity index (χ3n) is 5.33. The molecule has 1 saturated heterocycles. The molecule has 0 spiro atoms. The molecule has 3 rings (SSSR count). The number of carbonyl (C=O) groups is 2. The molecule has 2 aromatic rings.